The third kappa shape index (κ3) is 6.80. The van der Waals surface area contributed by atoms with Crippen molar-refractivity contribution in [3.63, 3.8) is 0 Å². The second-order valence-electron chi connectivity index (χ2n) is 12.1. The molecule has 4 heterocycles. The molecular formula is C34H36Cl2N6O4. The summed E-state index contributed by atoms with van der Waals surface area (Å²) in [5.74, 6) is 0.980. The van der Waals surface area contributed by atoms with Crippen LogP contribution in [0.15, 0.2) is 48.8 Å². The smallest absolute Gasteiger partial charge is 0.237 e. The number of amides is 1. The third-order valence-electron chi connectivity index (χ3n) is 8.40. The van der Waals surface area contributed by atoms with Gasteiger partial charge in [0.2, 0.25) is 17.7 Å². The maximum absolute atomic E-state index is 11.5. The molecule has 4 aromatic rings. The molecule has 1 amide bonds. The number of hydrogen-bond donors (Lipinski definition) is 2. The SMILES string of the molecule is COc1nc(-c2cccc(-c3cccc(-c4cnc(CN5CC(C)(O)C5)c(OC)n4)c3Cl)c2Cl)cnc1CCC[C@H]1CCC(=O)N1. The van der Waals surface area contributed by atoms with Gasteiger partial charge < -0.3 is 19.9 Å². The van der Waals surface area contributed by atoms with Crippen molar-refractivity contribution in [3.8, 4) is 45.4 Å². The summed E-state index contributed by atoms with van der Waals surface area (Å²) in [5, 5.41) is 14.0. The second-order valence-corrected chi connectivity index (χ2v) is 12.9. The lowest BCUT2D eigenvalue weighted by Crippen LogP contribution is -2.59. The molecule has 0 spiro atoms. The Balaban J connectivity index is 1.24. The van der Waals surface area contributed by atoms with Gasteiger partial charge in [0.15, 0.2) is 0 Å². The number of rotatable bonds is 11. The fourth-order valence-corrected chi connectivity index (χ4v) is 6.84. The number of aromatic nitrogens is 4. The van der Waals surface area contributed by atoms with Crippen molar-refractivity contribution in [1.82, 2.24) is 30.2 Å². The number of aliphatic hydroxyl groups is 1. The summed E-state index contributed by atoms with van der Waals surface area (Å²) in [6.07, 6.45) is 7.31. The Morgan fingerprint density at radius 1 is 0.913 bits per heavy atom. The lowest BCUT2D eigenvalue weighted by molar-refractivity contribution is -0.119. The Labute approximate surface area is 278 Å². The molecule has 2 aliphatic rings. The van der Waals surface area contributed by atoms with E-state index in [0.717, 1.165) is 36.1 Å². The highest BCUT2D eigenvalue weighted by Crippen LogP contribution is 2.42. The molecule has 6 rings (SSSR count). The van der Waals surface area contributed by atoms with E-state index in [0.29, 0.717) is 82.5 Å². The van der Waals surface area contributed by atoms with Gasteiger partial charge in [0.05, 0.1) is 53.6 Å². The highest BCUT2D eigenvalue weighted by Gasteiger charge is 2.37. The summed E-state index contributed by atoms with van der Waals surface area (Å²) in [6.45, 7) is 3.48. The molecule has 0 unspecified atom stereocenters. The molecule has 0 saturated carbocycles. The van der Waals surface area contributed by atoms with Crippen LogP contribution in [0.1, 0.15) is 44.0 Å². The summed E-state index contributed by atoms with van der Waals surface area (Å²) in [4.78, 5) is 32.4. The fraction of sp³-hybridized carbons (Fsp3) is 0.382. The van der Waals surface area contributed by atoms with E-state index in [1.54, 1.807) is 26.6 Å². The normalized spacial score (nSPS) is 17.4. The Morgan fingerprint density at radius 3 is 1.98 bits per heavy atom. The zero-order chi connectivity index (χ0) is 32.4. The van der Waals surface area contributed by atoms with E-state index >= 15 is 0 Å². The molecule has 10 nitrogen and oxygen atoms in total. The van der Waals surface area contributed by atoms with Crippen LogP contribution in [0, 0.1) is 0 Å². The van der Waals surface area contributed by atoms with Gasteiger partial charge in [0, 0.05) is 54.4 Å². The van der Waals surface area contributed by atoms with Gasteiger partial charge in [-0.25, -0.2) is 9.97 Å². The molecule has 2 N–H and O–H groups in total. The van der Waals surface area contributed by atoms with Crippen molar-refractivity contribution in [2.75, 3.05) is 27.3 Å². The average molecular weight is 664 g/mol. The van der Waals surface area contributed by atoms with E-state index in [4.69, 9.17) is 42.6 Å². The van der Waals surface area contributed by atoms with Crippen molar-refractivity contribution in [2.24, 2.45) is 0 Å². The Kier molecular flexibility index (Phi) is 9.42. The first-order valence-corrected chi connectivity index (χ1v) is 16.0. The van der Waals surface area contributed by atoms with Crippen molar-refractivity contribution >= 4 is 29.1 Å². The zero-order valence-corrected chi connectivity index (χ0v) is 27.5. The van der Waals surface area contributed by atoms with Crippen LogP contribution < -0.4 is 14.8 Å². The molecule has 0 aliphatic carbocycles. The summed E-state index contributed by atoms with van der Waals surface area (Å²) in [6, 6.07) is 11.6. The van der Waals surface area contributed by atoms with Gasteiger partial charge in [-0.2, -0.15) is 0 Å². The Morgan fingerprint density at radius 2 is 1.46 bits per heavy atom. The maximum atomic E-state index is 11.5. The number of methoxy groups -OCH3 is 2. The molecule has 46 heavy (non-hydrogen) atoms. The van der Waals surface area contributed by atoms with Gasteiger partial charge in [-0.3, -0.25) is 19.7 Å². The van der Waals surface area contributed by atoms with Gasteiger partial charge in [0.25, 0.3) is 0 Å². The predicted octanol–water partition coefficient (Wildman–Crippen LogP) is 5.76. The zero-order valence-electron chi connectivity index (χ0n) is 26.0. The Hall–Kier alpha value is -3.83. The quantitative estimate of drug-likeness (QED) is 0.206. The van der Waals surface area contributed by atoms with Crippen molar-refractivity contribution in [2.45, 2.75) is 57.2 Å². The third-order valence-corrected chi connectivity index (χ3v) is 9.22. The lowest BCUT2D eigenvalue weighted by atomic mass is 9.97. The van der Waals surface area contributed by atoms with Gasteiger partial charge >= 0.3 is 0 Å². The molecule has 2 saturated heterocycles. The van der Waals surface area contributed by atoms with Crippen LogP contribution in [0.3, 0.4) is 0 Å². The molecule has 2 aliphatic heterocycles. The lowest BCUT2D eigenvalue weighted by Gasteiger charge is -2.44. The molecule has 0 bridgehead atoms. The van der Waals surface area contributed by atoms with Crippen molar-refractivity contribution in [1.29, 1.82) is 0 Å². The number of halogens is 2. The Bertz CT molecular complexity index is 1760. The predicted molar refractivity (Wildman–Crippen MR) is 177 cm³/mol. The van der Waals surface area contributed by atoms with Crippen molar-refractivity contribution in [3.05, 3.63) is 70.2 Å². The minimum atomic E-state index is -0.675. The monoisotopic (exact) mass is 662 g/mol. The van der Waals surface area contributed by atoms with Gasteiger partial charge in [-0.15, -0.1) is 0 Å². The summed E-state index contributed by atoms with van der Waals surface area (Å²) in [7, 11) is 3.15. The number of carbonyl (C=O) groups is 1. The molecule has 12 heteroatoms. The standard InChI is InChI=1S/C34H36Cl2N6O4/c1-34(44)18-42(19-34)17-28-33(46-3)41-27(16-38-28)24-11-6-9-22(31(24)36)21-8-5-10-23(30(21)35)26-15-37-25(32(40-26)45-2)12-4-7-20-13-14-29(43)39-20/h5-6,8-11,15-16,20,44H,4,7,12-14,17-19H2,1-3H3,(H,39,43)/t20-/m0/s1. The molecule has 2 aromatic heterocycles. The van der Waals surface area contributed by atoms with Gasteiger partial charge in [-0.05, 0) is 32.6 Å². The number of benzene rings is 2. The topological polar surface area (TPSA) is 123 Å². The first-order valence-electron chi connectivity index (χ1n) is 15.3. The number of ether oxygens (including phenoxy) is 2. The van der Waals surface area contributed by atoms with Crippen LogP contribution in [0.25, 0.3) is 33.6 Å². The summed E-state index contributed by atoms with van der Waals surface area (Å²) < 4.78 is 11.2. The summed E-state index contributed by atoms with van der Waals surface area (Å²) in [5.41, 5.74) is 4.77. The molecule has 2 aromatic carbocycles. The second kappa shape index (κ2) is 13.5. The molecule has 240 valence electrons. The van der Waals surface area contributed by atoms with Crippen LogP contribution in [0.4, 0.5) is 0 Å². The summed E-state index contributed by atoms with van der Waals surface area (Å²) >= 11 is 14.1. The maximum Gasteiger partial charge on any atom is 0.237 e. The molecule has 2 fully saturated rings. The van der Waals surface area contributed by atoms with Crippen LogP contribution in [-0.2, 0) is 17.8 Å². The number of nitrogens with one attached hydrogen (secondary N) is 1. The molecule has 1 atom stereocenters. The highest BCUT2D eigenvalue weighted by atomic mass is 35.5. The average Bonchev–Trinajstić information content (AvgIpc) is 3.45. The number of aryl methyl sites for hydroxylation is 1. The number of carbonyl (C=O) groups excluding carboxylic acids is 1. The van der Waals surface area contributed by atoms with Crippen molar-refractivity contribution < 1.29 is 19.4 Å². The van der Waals surface area contributed by atoms with Gasteiger partial charge in [0.1, 0.15) is 11.4 Å². The van der Waals surface area contributed by atoms with E-state index in [1.807, 2.05) is 43.3 Å². The van der Waals surface area contributed by atoms with Crippen LogP contribution >= 0.6 is 23.2 Å². The van der Waals surface area contributed by atoms with Gasteiger partial charge in [-0.1, -0.05) is 59.6 Å². The number of likely N-dealkylation sites (tertiary alicyclic amines) is 1. The fourth-order valence-electron chi connectivity index (χ4n) is 6.19. The van der Waals surface area contributed by atoms with E-state index in [9.17, 15) is 9.90 Å². The van der Waals surface area contributed by atoms with E-state index < -0.39 is 5.60 Å². The van der Waals surface area contributed by atoms with E-state index in [2.05, 4.69) is 20.2 Å². The number of hydrogen-bond acceptors (Lipinski definition) is 9. The molecular weight excluding hydrogens is 627 g/mol. The molecule has 0 radical (unpaired) electrons. The number of nitrogens with zero attached hydrogens (tertiary/aromatic N) is 5. The van der Waals surface area contributed by atoms with Crippen LogP contribution in [0.2, 0.25) is 10.0 Å². The van der Waals surface area contributed by atoms with Crippen LogP contribution in [0.5, 0.6) is 11.8 Å². The number of β-amino-alcohol motifs (C(OH)–C–C–N with tert-alkyl or cyclic N) is 1. The minimum absolute atomic E-state index is 0.122. The highest BCUT2D eigenvalue weighted by molar-refractivity contribution is 6.39. The minimum Gasteiger partial charge on any atom is -0.480 e. The van der Waals surface area contributed by atoms with E-state index in [-0.39, 0.29) is 11.9 Å². The largest absolute Gasteiger partial charge is 0.480 e. The van der Waals surface area contributed by atoms with Crippen LogP contribution in [-0.4, -0.2) is 74.8 Å². The first kappa shape index (κ1) is 32.1. The first-order chi connectivity index (χ1) is 22.2. The van der Waals surface area contributed by atoms with E-state index in [1.165, 1.54) is 0 Å².